The summed E-state index contributed by atoms with van der Waals surface area (Å²) in [7, 11) is 1.41. The molecule has 0 saturated carbocycles. The van der Waals surface area contributed by atoms with E-state index in [4.69, 9.17) is 9.15 Å². The Morgan fingerprint density at radius 1 is 1.31 bits per heavy atom. The predicted molar refractivity (Wildman–Crippen MR) is 57.8 cm³/mol. The molecule has 4 heteroatoms. The summed E-state index contributed by atoms with van der Waals surface area (Å²) in [5.41, 5.74) is -0.0200. The van der Waals surface area contributed by atoms with E-state index in [0.717, 1.165) is 0 Å². The van der Waals surface area contributed by atoms with Crippen molar-refractivity contribution in [2.75, 3.05) is 13.7 Å². The molecule has 0 atom stereocenters. The molecule has 0 bridgehead atoms. The smallest absolute Gasteiger partial charge is 0.348 e. The molecule has 0 saturated heterocycles. The topological polar surface area (TPSA) is 56.5 Å². The van der Waals surface area contributed by atoms with Crippen LogP contribution in [0.2, 0.25) is 0 Å². The van der Waals surface area contributed by atoms with Gasteiger partial charge >= 0.3 is 5.63 Å². The van der Waals surface area contributed by atoms with Gasteiger partial charge in [0, 0.05) is 12.7 Å². The summed E-state index contributed by atoms with van der Waals surface area (Å²) >= 11 is 0. The third kappa shape index (κ3) is 1.75. The first-order valence-electron chi connectivity index (χ1n) is 4.78. The van der Waals surface area contributed by atoms with Crippen LogP contribution in [0.1, 0.15) is 10.4 Å². The van der Waals surface area contributed by atoms with E-state index in [2.05, 4.69) is 0 Å². The molecule has 0 radical (unpaired) electrons. The molecule has 0 unspecified atom stereocenters. The van der Waals surface area contributed by atoms with Crippen LogP contribution < -0.4 is 5.63 Å². The van der Waals surface area contributed by atoms with E-state index in [1.807, 2.05) is 0 Å². The Kier molecular flexibility index (Phi) is 2.83. The fraction of sp³-hybridized carbons (Fsp3) is 0.167. The van der Waals surface area contributed by atoms with Crippen LogP contribution in [-0.4, -0.2) is 19.5 Å². The molecule has 1 aliphatic heterocycles. The van der Waals surface area contributed by atoms with E-state index < -0.39 is 5.63 Å². The number of fused-ring (bicyclic) bond motifs is 1. The van der Waals surface area contributed by atoms with Crippen molar-refractivity contribution in [3.8, 4) is 11.3 Å². The van der Waals surface area contributed by atoms with Gasteiger partial charge < -0.3 is 9.15 Å². The molecular formula is C12H10O4. The quantitative estimate of drug-likeness (QED) is 0.734. The maximum absolute atomic E-state index is 11.7. The molecule has 4 nitrogen and oxygen atoms in total. The molecule has 0 aromatic heterocycles. The molecule has 0 spiro atoms. The van der Waals surface area contributed by atoms with Crippen molar-refractivity contribution >= 4 is 5.78 Å². The largest absolute Gasteiger partial charge is 0.422 e. The van der Waals surface area contributed by atoms with Crippen LogP contribution in [0.4, 0.5) is 0 Å². The second-order valence-corrected chi connectivity index (χ2v) is 3.31. The van der Waals surface area contributed by atoms with Crippen LogP contribution >= 0.6 is 0 Å². The van der Waals surface area contributed by atoms with E-state index >= 15 is 0 Å². The fourth-order valence-corrected chi connectivity index (χ4v) is 1.55. The van der Waals surface area contributed by atoms with E-state index in [1.54, 1.807) is 30.3 Å². The summed E-state index contributed by atoms with van der Waals surface area (Å²) in [6.45, 7) is -0.123. The highest BCUT2D eigenvalue weighted by Crippen LogP contribution is 2.23. The van der Waals surface area contributed by atoms with Gasteiger partial charge in [0.1, 0.15) is 17.9 Å². The van der Waals surface area contributed by atoms with Crippen LogP contribution in [0.15, 0.2) is 39.5 Å². The lowest BCUT2D eigenvalue weighted by Crippen LogP contribution is -2.14. The summed E-state index contributed by atoms with van der Waals surface area (Å²) < 4.78 is 9.72. The molecular weight excluding hydrogens is 208 g/mol. The second-order valence-electron chi connectivity index (χ2n) is 3.31. The molecule has 2 aliphatic rings. The lowest BCUT2D eigenvalue weighted by atomic mass is 10.1. The summed E-state index contributed by atoms with van der Waals surface area (Å²) in [5.74, 6) is 0.0481. The van der Waals surface area contributed by atoms with Gasteiger partial charge in [-0.25, -0.2) is 4.79 Å². The molecule has 82 valence electrons. The Bertz CT molecular complexity index is 541. The molecule has 0 amide bonds. The first-order valence-corrected chi connectivity index (χ1v) is 4.78. The highest BCUT2D eigenvalue weighted by atomic mass is 16.5. The summed E-state index contributed by atoms with van der Waals surface area (Å²) in [6, 6.07) is 8.63. The van der Waals surface area contributed by atoms with Crippen LogP contribution in [-0.2, 0) is 4.74 Å². The van der Waals surface area contributed by atoms with Crippen molar-refractivity contribution in [3.05, 3.63) is 46.3 Å². The van der Waals surface area contributed by atoms with Gasteiger partial charge in [-0.15, -0.1) is 0 Å². The van der Waals surface area contributed by atoms with Crippen molar-refractivity contribution < 1.29 is 13.9 Å². The number of hydrogen-bond donors (Lipinski definition) is 0. The Balaban J connectivity index is 2.61. The standard InChI is InChI=1S/C12H10O4/c1-15-7-9(13)11-8-5-3-2-4-6-10(8)16-12(11)14/h2-6H,7H2,1H3. The number of ether oxygens (including phenoxy) is 1. The summed E-state index contributed by atoms with van der Waals surface area (Å²) in [6.07, 6.45) is 0. The highest BCUT2D eigenvalue weighted by Gasteiger charge is 2.22. The third-order valence-electron chi connectivity index (χ3n) is 2.23. The molecule has 0 N–H and O–H groups in total. The number of Topliss-reactive ketones (excluding diaryl/α,β-unsaturated/α-hetero) is 1. The van der Waals surface area contributed by atoms with Gasteiger partial charge in [0.2, 0.25) is 0 Å². The number of rotatable bonds is 3. The average Bonchev–Trinajstić information content (AvgIpc) is 2.43. The third-order valence-corrected chi connectivity index (χ3v) is 2.23. The molecule has 0 aromatic rings. The molecule has 1 aliphatic carbocycles. The number of ketones is 1. The maximum Gasteiger partial charge on any atom is 0.348 e. The Labute approximate surface area is 91.8 Å². The molecule has 1 heterocycles. The van der Waals surface area contributed by atoms with Gasteiger partial charge in [0.05, 0.1) is 0 Å². The Hall–Kier alpha value is -1.94. The number of hydrogen-bond acceptors (Lipinski definition) is 4. The number of carbonyl (C=O) groups excluding carboxylic acids is 1. The zero-order valence-electron chi connectivity index (χ0n) is 8.73. The first-order chi connectivity index (χ1) is 7.74. The lowest BCUT2D eigenvalue weighted by molar-refractivity contribution is 0.0846. The number of methoxy groups -OCH3 is 1. The lowest BCUT2D eigenvalue weighted by Gasteiger charge is -1.95. The van der Waals surface area contributed by atoms with E-state index in [1.165, 1.54) is 7.11 Å². The molecule has 2 rings (SSSR count). The van der Waals surface area contributed by atoms with Gasteiger partial charge in [-0.1, -0.05) is 24.3 Å². The van der Waals surface area contributed by atoms with Crippen molar-refractivity contribution in [1.82, 2.24) is 0 Å². The SMILES string of the molecule is COCC(=O)c1c2cccccc-2oc1=O. The van der Waals surface area contributed by atoms with E-state index in [-0.39, 0.29) is 18.0 Å². The van der Waals surface area contributed by atoms with Crippen LogP contribution in [0.25, 0.3) is 11.3 Å². The minimum atomic E-state index is -0.608. The first kappa shape index (κ1) is 10.6. The van der Waals surface area contributed by atoms with Gasteiger partial charge in [-0.3, -0.25) is 4.79 Å². The van der Waals surface area contributed by atoms with Gasteiger partial charge in [-0.2, -0.15) is 0 Å². The number of carbonyl (C=O) groups is 1. The summed E-state index contributed by atoms with van der Waals surface area (Å²) in [5, 5.41) is 0. The zero-order chi connectivity index (χ0) is 11.5. The van der Waals surface area contributed by atoms with E-state index in [0.29, 0.717) is 11.3 Å². The van der Waals surface area contributed by atoms with Crippen LogP contribution in [0.3, 0.4) is 0 Å². The summed E-state index contributed by atoms with van der Waals surface area (Å²) in [4.78, 5) is 23.2. The molecule has 0 fully saturated rings. The average molecular weight is 218 g/mol. The monoisotopic (exact) mass is 218 g/mol. The second kappa shape index (κ2) is 4.28. The van der Waals surface area contributed by atoms with Crippen molar-refractivity contribution in [1.29, 1.82) is 0 Å². The van der Waals surface area contributed by atoms with Crippen molar-refractivity contribution in [3.63, 3.8) is 0 Å². The maximum atomic E-state index is 11.7. The van der Waals surface area contributed by atoms with Gasteiger partial charge in [0.25, 0.3) is 0 Å². The van der Waals surface area contributed by atoms with Gasteiger partial charge in [0.15, 0.2) is 5.78 Å². The predicted octanol–water partition coefficient (Wildman–Crippen LogP) is 1.57. The van der Waals surface area contributed by atoms with Crippen molar-refractivity contribution in [2.45, 2.75) is 0 Å². The Morgan fingerprint density at radius 3 is 2.81 bits per heavy atom. The molecule has 0 aromatic carbocycles. The molecule has 16 heavy (non-hydrogen) atoms. The normalized spacial score (nSPS) is 10.6. The van der Waals surface area contributed by atoms with Gasteiger partial charge in [-0.05, 0) is 6.07 Å². The van der Waals surface area contributed by atoms with E-state index in [9.17, 15) is 9.59 Å². The van der Waals surface area contributed by atoms with Crippen molar-refractivity contribution in [2.24, 2.45) is 0 Å². The van der Waals surface area contributed by atoms with Crippen LogP contribution in [0, 0.1) is 0 Å². The highest BCUT2D eigenvalue weighted by molar-refractivity contribution is 6.02. The number of furan rings is 1. The minimum Gasteiger partial charge on any atom is -0.422 e. The minimum absolute atomic E-state index is 0.0630. The zero-order valence-corrected chi connectivity index (χ0v) is 8.73. The Morgan fingerprint density at radius 2 is 2.06 bits per heavy atom. The van der Waals surface area contributed by atoms with Crippen LogP contribution in [0.5, 0.6) is 0 Å². The fourth-order valence-electron chi connectivity index (χ4n) is 1.55.